The van der Waals surface area contributed by atoms with E-state index in [0.29, 0.717) is 11.4 Å². The number of pyridine rings is 1. The van der Waals surface area contributed by atoms with Gasteiger partial charge in [-0.3, -0.25) is 24.5 Å². The number of aromatic nitrogens is 3. The van der Waals surface area contributed by atoms with E-state index < -0.39 is 21.9 Å². The van der Waals surface area contributed by atoms with Crippen LogP contribution in [-0.2, 0) is 13.6 Å². The maximum absolute atomic E-state index is 11.9. The second-order valence-electron chi connectivity index (χ2n) is 4.14. The number of nitrogens with zero attached hydrogens (tertiary/aromatic N) is 4. The van der Waals surface area contributed by atoms with Crippen LogP contribution in [0, 0.1) is 10.1 Å². The van der Waals surface area contributed by atoms with E-state index in [1.165, 1.54) is 19.3 Å². The van der Waals surface area contributed by atoms with Gasteiger partial charge in [0.05, 0.1) is 23.4 Å². The second kappa shape index (κ2) is 4.96. The summed E-state index contributed by atoms with van der Waals surface area (Å²) >= 11 is 0. The van der Waals surface area contributed by atoms with Crippen molar-refractivity contribution >= 4 is 11.4 Å². The number of anilines is 1. The van der Waals surface area contributed by atoms with Crippen LogP contribution in [0.2, 0.25) is 0 Å². The van der Waals surface area contributed by atoms with Crippen LogP contribution < -0.4 is 17.0 Å². The maximum Gasteiger partial charge on any atom is 0.350 e. The normalized spacial score (nSPS) is 10.4. The van der Waals surface area contributed by atoms with E-state index in [-0.39, 0.29) is 6.54 Å². The van der Waals surface area contributed by atoms with Gasteiger partial charge in [-0.2, -0.15) is 0 Å². The standard InChI is InChI=1S/C11H11N5O4/c1-14-6-9(16(19)20)10(17)15(11(14)18)5-8-4-7(12)2-3-13-8/h2-4,6H,5H2,1H3,(H2,12,13). The summed E-state index contributed by atoms with van der Waals surface area (Å²) in [5.41, 5.74) is 4.06. The number of nitrogens with two attached hydrogens (primary N) is 1. The summed E-state index contributed by atoms with van der Waals surface area (Å²) in [6, 6.07) is 3.04. The molecule has 0 spiro atoms. The van der Waals surface area contributed by atoms with Gasteiger partial charge in [0.2, 0.25) is 0 Å². The molecule has 0 radical (unpaired) electrons. The van der Waals surface area contributed by atoms with Crippen LogP contribution in [0.1, 0.15) is 5.69 Å². The Kier molecular flexibility index (Phi) is 3.34. The lowest BCUT2D eigenvalue weighted by Crippen LogP contribution is -2.39. The van der Waals surface area contributed by atoms with Gasteiger partial charge >= 0.3 is 16.9 Å². The molecule has 0 aliphatic heterocycles. The zero-order valence-corrected chi connectivity index (χ0v) is 10.5. The predicted octanol–water partition coefficient (Wildman–Crippen LogP) is -0.519. The van der Waals surface area contributed by atoms with Crippen molar-refractivity contribution in [3.05, 3.63) is 61.2 Å². The van der Waals surface area contributed by atoms with Gasteiger partial charge in [-0.15, -0.1) is 0 Å². The number of rotatable bonds is 3. The summed E-state index contributed by atoms with van der Waals surface area (Å²) in [6.07, 6.45) is 2.32. The topological polar surface area (TPSA) is 126 Å². The Morgan fingerprint density at radius 2 is 2.15 bits per heavy atom. The first kappa shape index (κ1) is 13.5. The summed E-state index contributed by atoms with van der Waals surface area (Å²) in [5.74, 6) is 0. The second-order valence-corrected chi connectivity index (χ2v) is 4.14. The lowest BCUT2D eigenvalue weighted by atomic mass is 10.3. The Balaban J connectivity index is 2.60. The third kappa shape index (κ3) is 2.41. The van der Waals surface area contributed by atoms with Gasteiger partial charge in [0.15, 0.2) is 0 Å². The number of nitrogen functional groups attached to an aromatic ring is 1. The summed E-state index contributed by atoms with van der Waals surface area (Å²) in [4.78, 5) is 37.7. The van der Waals surface area contributed by atoms with Crippen molar-refractivity contribution in [2.24, 2.45) is 7.05 Å². The summed E-state index contributed by atoms with van der Waals surface area (Å²) in [7, 11) is 1.33. The molecule has 9 heteroatoms. The highest BCUT2D eigenvalue weighted by Gasteiger charge is 2.18. The van der Waals surface area contributed by atoms with Gasteiger partial charge in [0.1, 0.15) is 0 Å². The third-order valence-corrected chi connectivity index (χ3v) is 2.67. The summed E-state index contributed by atoms with van der Waals surface area (Å²) in [5, 5.41) is 10.8. The molecule has 2 heterocycles. The van der Waals surface area contributed by atoms with E-state index in [1.807, 2.05) is 0 Å². The van der Waals surface area contributed by atoms with Gasteiger partial charge in [-0.25, -0.2) is 9.36 Å². The molecule has 104 valence electrons. The summed E-state index contributed by atoms with van der Waals surface area (Å²) in [6.45, 7) is -0.182. The van der Waals surface area contributed by atoms with Crippen LogP contribution >= 0.6 is 0 Å². The lowest BCUT2D eigenvalue weighted by Gasteiger charge is -2.06. The average Bonchev–Trinajstić information content (AvgIpc) is 2.38. The Bertz CT molecular complexity index is 792. The fourth-order valence-electron chi connectivity index (χ4n) is 1.72. The minimum Gasteiger partial charge on any atom is -0.399 e. The first-order valence-electron chi connectivity index (χ1n) is 5.55. The van der Waals surface area contributed by atoms with E-state index in [4.69, 9.17) is 5.73 Å². The van der Waals surface area contributed by atoms with Crippen molar-refractivity contribution < 1.29 is 4.92 Å². The SMILES string of the molecule is Cn1cc([N+](=O)[O-])c(=O)n(Cc2cc(N)ccn2)c1=O. The van der Waals surface area contributed by atoms with Crippen LogP contribution in [0.25, 0.3) is 0 Å². The molecule has 0 fully saturated rings. The Morgan fingerprint density at radius 3 is 2.75 bits per heavy atom. The third-order valence-electron chi connectivity index (χ3n) is 2.67. The number of aryl methyl sites for hydroxylation is 1. The number of hydrogen-bond acceptors (Lipinski definition) is 6. The van der Waals surface area contributed by atoms with Crippen molar-refractivity contribution in [2.45, 2.75) is 6.54 Å². The number of hydrogen-bond donors (Lipinski definition) is 1. The van der Waals surface area contributed by atoms with Crippen LogP contribution in [0.3, 0.4) is 0 Å². The summed E-state index contributed by atoms with van der Waals surface area (Å²) < 4.78 is 1.73. The molecular formula is C11H11N5O4. The van der Waals surface area contributed by atoms with Crippen molar-refractivity contribution in [1.82, 2.24) is 14.1 Å². The molecule has 0 amide bonds. The fraction of sp³-hybridized carbons (Fsp3) is 0.182. The molecule has 0 aliphatic rings. The molecule has 0 saturated heterocycles. The molecule has 2 aromatic rings. The van der Waals surface area contributed by atoms with E-state index in [2.05, 4.69) is 4.98 Å². The van der Waals surface area contributed by atoms with Gasteiger partial charge in [0.25, 0.3) is 0 Å². The highest BCUT2D eigenvalue weighted by atomic mass is 16.6. The van der Waals surface area contributed by atoms with Gasteiger partial charge in [-0.05, 0) is 12.1 Å². The first-order valence-corrected chi connectivity index (χ1v) is 5.55. The van der Waals surface area contributed by atoms with Crippen LogP contribution in [0.4, 0.5) is 11.4 Å². The molecule has 2 aromatic heterocycles. The molecule has 9 nitrogen and oxygen atoms in total. The van der Waals surface area contributed by atoms with Crippen molar-refractivity contribution in [2.75, 3.05) is 5.73 Å². The van der Waals surface area contributed by atoms with Gasteiger partial charge in [0, 0.05) is 18.9 Å². The highest BCUT2D eigenvalue weighted by molar-refractivity contribution is 5.37. The van der Waals surface area contributed by atoms with Crippen LogP contribution in [-0.4, -0.2) is 19.0 Å². The van der Waals surface area contributed by atoms with Crippen molar-refractivity contribution in [3.8, 4) is 0 Å². The molecule has 2 N–H and O–H groups in total. The monoisotopic (exact) mass is 277 g/mol. The molecule has 0 saturated carbocycles. The largest absolute Gasteiger partial charge is 0.399 e. The van der Waals surface area contributed by atoms with Gasteiger partial charge in [-0.1, -0.05) is 0 Å². The zero-order valence-electron chi connectivity index (χ0n) is 10.5. The Morgan fingerprint density at radius 1 is 1.45 bits per heavy atom. The predicted molar refractivity (Wildman–Crippen MR) is 70.3 cm³/mol. The molecule has 0 aliphatic carbocycles. The highest BCUT2D eigenvalue weighted by Crippen LogP contribution is 2.04. The molecule has 0 unspecified atom stereocenters. The van der Waals surface area contributed by atoms with E-state index >= 15 is 0 Å². The minimum atomic E-state index is -0.970. The smallest absolute Gasteiger partial charge is 0.350 e. The minimum absolute atomic E-state index is 0.182. The molecule has 0 aromatic carbocycles. The molecule has 0 atom stereocenters. The van der Waals surface area contributed by atoms with Crippen molar-refractivity contribution in [1.29, 1.82) is 0 Å². The average molecular weight is 277 g/mol. The molecule has 0 bridgehead atoms. The van der Waals surface area contributed by atoms with Crippen molar-refractivity contribution in [3.63, 3.8) is 0 Å². The zero-order chi connectivity index (χ0) is 14.9. The molecule has 2 rings (SSSR count). The fourth-order valence-corrected chi connectivity index (χ4v) is 1.72. The lowest BCUT2D eigenvalue weighted by molar-refractivity contribution is -0.387. The van der Waals surface area contributed by atoms with Crippen LogP contribution in [0.15, 0.2) is 34.1 Å². The van der Waals surface area contributed by atoms with Gasteiger partial charge < -0.3 is 5.73 Å². The quantitative estimate of drug-likeness (QED) is 0.594. The van der Waals surface area contributed by atoms with Crippen LogP contribution in [0.5, 0.6) is 0 Å². The molecular weight excluding hydrogens is 266 g/mol. The van der Waals surface area contributed by atoms with E-state index in [1.54, 1.807) is 6.07 Å². The Hall–Kier alpha value is -2.97. The maximum atomic E-state index is 11.9. The van der Waals surface area contributed by atoms with E-state index in [9.17, 15) is 19.7 Å². The Labute approximate surface area is 112 Å². The number of nitro groups is 1. The van der Waals surface area contributed by atoms with E-state index in [0.717, 1.165) is 15.3 Å². The first-order chi connectivity index (χ1) is 9.40. The molecule has 20 heavy (non-hydrogen) atoms.